The number of anilines is 1. The number of rotatable bonds is 8. The smallest absolute Gasteiger partial charge is 0.0366 e. The molecule has 3 heteroatoms. The van der Waals surface area contributed by atoms with Crippen LogP contribution >= 0.6 is 0 Å². The van der Waals surface area contributed by atoms with Crippen LogP contribution in [-0.4, -0.2) is 44.7 Å². The van der Waals surface area contributed by atoms with Gasteiger partial charge in [-0.05, 0) is 65.0 Å². The molecule has 0 aliphatic heterocycles. The van der Waals surface area contributed by atoms with E-state index in [0.717, 1.165) is 26.1 Å². The summed E-state index contributed by atoms with van der Waals surface area (Å²) < 4.78 is 0. The Morgan fingerprint density at radius 3 is 2.21 bits per heavy atom. The first-order valence-corrected chi connectivity index (χ1v) is 7.27. The summed E-state index contributed by atoms with van der Waals surface area (Å²) in [4.78, 5) is 4.67. The first kappa shape index (κ1) is 16.0. The van der Waals surface area contributed by atoms with Crippen molar-refractivity contribution in [2.75, 3.05) is 38.6 Å². The summed E-state index contributed by atoms with van der Waals surface area (Å²) in [6, 6.07) is 9.07. The van der Waals surface area contributed by atoms with Crippen molar-refractivity contribution in [2.45, 2.75) is 32.7 Å². The molecule has 0 heterocycles. The van der Waals surface area contributed by atoms with Crippen LogP contribution in [0.15, 0.2) is 24.3 Å². The Balaban J connectivity index is 2.55. The third-order valence-electron chi connectivity index (χ3n) is 3.27. The largest absolute Gasteiger partial charge is 0.372 e. The van der Waals surface area contributed by atoms with Gasteiger partial charge in [0.1, 0.15) is 0 Å². The zero-order chi connectivity index (χ0) is 14.3. The summed E-state index contributed by atoms with van der Waals surface area (Å²) in [6.07, 6.45) is 2.15. The van der Waals surface area contributed by atoms with E-state index in [4.69, 9.17) is 5.73 Å². The molecule has 0 saturated heterocycles. The quantitative estimate of drug-likeness (QED) is 0.781. The molecule has 0 aliphatic rings. The molecule has 0 amide bonds. The molecule has 19 heavy (non-hydrogen) atoms. The van der Waals surface area contributed by atoms with Gasteiger partial charge < -0.3 is 15.5 Å². The van der Waals surface area contributed by atoms with Crippen LogP contribution in [-0.2, 0) is 6.42 Å². The molecule has 108 valence electrons. The predicted molar refractivity (Wildman–Crippen MR) is 84.9 cm³/mol. The summed E-state index contributed by atoms with van der Waals surface area (Å²) in [6.45, 7) is 7.57. The first-order chi connectivity index (χ1) is 9.02. The molecule has 0 aliphatic carbocycles. The highest BCUT2D eigenvalue weighted by Gasteiger charge is 2.05. The Labute approximate surface area is 118 Å². The predicted octanol–water partition coefficient (Wildman–Crippen LogP) is 2.35. The summed E-state index contributed by atoms with van der Waals surface area (Å²) >= 11 is 0. The second-order valence-corrected chi connectivity index (χ2v) is 5.58. The van der Waals surface area contributed by atoms with Crippen molar-refractivity contribution in [2.24, 2.45) is 5.73 Å². The number of nitrogens with zero attached hydrogens (tertiary/aromatic N) is 2. The molecule has 2 N–H and O–H groups in total. The maximum Gasteiger partial charge on any atom is 0.0366 e. The standard InChI is InChI=1S/C16H29N3/c1-5-19(12-6-11-18(3)4)16-9-7-15(8-10-16)13-14(2)17/h7-10,14H,5-6,11-13,17H2,1-4H3. The van der Waals surface area contributed by atoms with Crippen molar-refractivity contribution in [3.8, 4) is 0 Å². The third-order valence-corrected chi connectivity index (χ3v) is 3.27. The molecule has 1 aromatic carbocycles. The normalized spacial score (nSPS) is 12.7. The van der Waals surface area contributed by atoms with Crippen LogP contribution in [0.25, 0.3) is 0 Å². The van der Waals surface area contributed by atoms with E-state index in [2.05, 4.69) is 55.1 Å². The van der Waals surface area contributed by atoms with E-state index in [-0.39, 0.29) is 6.04 Å². The van der Waals surface area contributed by atoms with Gasteiger partial charge in [0, 0.05) is 24.8 Å². The van der Waals surface area contributed by atoms with E-state index in [1.54, 1.807) is 0 Å². The van der Waals surface area contributed by atoms with Gasteiger partial charge in [0.05, 0.1) is 0 Å². The summed E-state index contributed by atoms with van der Waals surface area (Å²) in [7, 11) is 4.25. The summed E-state index contributed by atoms with van der Waals surface area (Å²) in [5, 5.41) is 0. The maximum absolute atomic E-state index is 5.83. The van der Waals surface area contributed by atoms with E-state index in [9.17, 15) is 0 Å². The molecule has 1 unspecified atom stereocenters. The Kier molecular flexibility index (Phi) is 6.89. The van der Waals surface area contributed by atoms with E-state index in [1.807, 2.05) is 6.92 Å². The van der Waals surface area contributed by atoms with Gasteiger partial charge in [-0.25, -0.2) is 0 Å². The van der Waals surface area contributed by atoms with E-state index in [0.29, 0.717) is 0 Å². The lowest BCUT2D eigenvalue weighted by Gasteiger charge is -2.24. The van der Waals surface area contributed by atoms with Crippen molar-refractivity contribution in [3.63, 3.8) is 0 Å². The SMILES string of the molecule is CCN(CCCN(C)C)c1ccc(CC(C)N)cc1. The average Bonchev–Trinajstić information content (AvgIpc) is 2.35. The highest BCUT2D eigenvalue weighted by molar-refractivity contribution is 5.47. The van der Waals surface area contributed by atoms with Gasteiger partial charge in [0.15, 0.2) is 0 Å². The van der Waals surface area contributed by atoms with Crippen molar-refractivity contribution in [1.29, 1.82) is 0 Å². The fourth-order valence-corrected chi connectivity index (χ4v) is 2.26. The lowest BCUT2D eigenvalue weighted by Crippen LogP contribution is -2.27. The average molecular weight is 263 g/mol. The van der Waals surface area contributed by atoms with Crippen LogP contribution in [0, 0.1) is 0 Å². The van der Waals surface area contributed by atoms with Crippen LogP contribution in [0.4, 0.5) is 5.69 Å². The van der Waals surface area contributed by atoms with Gasteiger partial charge in [-0.15, -0.1) is 0 Å². The lowest BCUT2D eigenvalue weighted by molar-refractivity contribution is 0.400. The fourth-order valence-electron chi connectivity index (χ4n) is 2.26. The minimum absolute atomic E-state index is 0.230. The minimum atomic E-state index is 0.230. The fraction of sp³-hybridized carbons (Fsp3) is 0.625. The molecule has 1 aromatic rings. The van der Waals surface area contributed by atoms with Crippen LogP contribution in [0.1, 0.15) is 25.8 Å². The molecule has 0 bridgehead atoms. The summed E-state index contributed by atoms with van der Waals surface area (Å²) in [5.74, 6) is 0. The van der Waals surface area contributed by atoms with E-state index in [1.165, 1.54) is 17.7 Å². The maximum atomic E-state index is 5.83. The van der Waals surface area contributed by atoms with Crippen LogP contribution in [0.3, 0.4) is 0 Å². The van der Waals surface area contributed by atoms with E-state index >= 15 is 0 Å². The Bertz CT molecular complexity index is 344. The number of hydrogen-bond donors (Lipinski definition) is 1. The number of nitrogens with two attached hydrogens (primary N) is 1. The zero-order valence-corrected chi connectivity index (χ0v) is 12.9. The molecular formula is C16H29N3. The first-order valence-electron chi connectivity index (χ1n) is 7.27. The third kappa shape index (κ3) is 6.08. The number of hydrogen-bond acceptors (Lipinski definition) is 3. The molecule has 0 spiro atoms. The van der Waals surface area contributed by atoms with Gasteiger partial charge in [0.25, 0.3) is 0 Å². The molecule has 1 rings (SSSR count). The van der Waals surface area contributed by atoms with Gasteiger partial charge in [0.2, 0.25) is 0 Å². The Morgan fingerprint density at radius 2 is 1.74 bits per heavy atom. The van der Waals surface area contributed by atoms with Crippen molar-refractivity contribution in [1.82, 2.24) is 4.90 Å². The van der Waals surface area contributed by atoms with Gasteiger partial charge in [-0.2, -0.15) is 0 Å². The lowest BCUT2D eigenvalue weighted by atomic mass is 10.1. The minimum Gasteiger partial charge on any atom is -0.372 e. The van der Waals surface area contributed by atoms with Gasteiger partial charge in [-0.1, -0.05) is 12.1 Å². The molecule has 3 nitrogen and oxygen atoms in total. The second kappa shape index (κ2) is 8.18. The summed E-state index contributed by atoms with van der Waals surface area (Å²) in [5.41, 5.74) is 8.46. The molecule has 0 aromatic heterocycles. The molecule has 1 atom stereocenters. The molecule has 0 radical (unpaired) electrons. The Hall–Kier alpha value is -1.06. The van der Waals surface area contributed by atoms with Crippen LogP contribution < -0.4 is 10.6 Å². The van der Waals surface area contributed by atoms with Crippen LogP contribution in [0.5, 0.6) is 0 Å². The highest BCUT2D eigenvalue weighted by Crippen LogP contribution is 2.16. The van der Waals surface area contributed by atoms with Gasteiger partial charge >= 0.3 is 0 Å². The zero-order valence-electron chi connectivity index (χ0n) is 12.9. The topological polar surface area (TPSA) is 32.5 Å². The molecular weight excluding hydrogens is 234 g/mol. The monoisotopic (exact) mass is 263 g/mol. The van der Waals surface area contributed by atoms with Crippen molar-refractivity contribution < 1.29 is 0 Å². The Morgan fingerprint density at radius 1 is 1.11 bits per heavy atom. The molecule has 0 saturated carbocycles. The van der Waals surface area contributed by atoms with Crippen LogP contribution in [0.2, 0.25) is 0 Å². The van der Waals surface area contributed by atoms with Gasteiger partial charge in [-0.3, -0.25) is 0 Å². The second-order valence-electron chi connectivity index (χ2n) is 5.58. The molecule has 0 fully saturated rings. The van der Waals surface area contributed by atoms with E-state index < -0.39 is 0 Å². The van der Waals surface area contributed by atoms with Crippen molar-refractivity contribution >= 4 is 5.69 Å². The highest BCUT2D eigenvalue weighted by atomic mass is 15.1. The van der Waals surface area contributed by atoms with Crippen molar-refractivity contribution in [3.05, 3.63) is 29.8 Å². The number of benzene rings is 1.